The van der Waals surface area contributed by atoms with Gasteiger partial charge < -0.3 is 40.8 Å². The third-order valence-electron chi connectivity index (χ3n) is 8.74. The van der Waals surface area contributed by atoms with Crippen LogP contribution in [-0.4, -0.2) is 59.8 Å². The fourth-order valence-corrected chi connectivity index (χ4v) is 5.03. The van der Waals surface area contributed by atoms with Crippen LogP contribution in [0.2, 0.25) is 0 Å². The second-order valence-corrected chi connectivity index (χ2v) is 12.4. The van der Waals surface area contributed by atoms with Gasteiger partial charge in [0.25, 0.3) is 0 Å². The van der Waals surface area contributed by atoms with Crippen molar-refractivity contribution in [1.29, 1.82) is 0 Å². The minimum Gasteiger partial charge on any atom is -0.489 e. The summed E-state index contributed by atoms with van der Waals surface area (Å²) in [5.41, 5.74) is 3.96. The Morgan fingerprint density at radius 3 is 2.24 bits per heavy atom. The Labute approximate surface area is 261 Å². The molecule has 4 rings (SSSR count). The first kappa shape index (κ1) is 33.7. The molecule has 0 spiro atoms. The van der Waals surface area contributed by atoms with Gasteiger partial charge in [0.1, 0.15) is 29.6 Å². The highest BCUT2D eigenvalue weighted by molar-refractivity contribution is 6.63. The number of benzene rings is 2. The van der Waals surface area contributed by atoms with E-state index in [0.29, 0.717) is 29.7 Å². The molecule has 2 aliphatic rings. The van der Waals surface area contributed by atoms with E-state index in [2.05, 4.69) is 16.0 Å². The van der Waals surface area contributed by atoms with E-state index < -0.39 is 59.4 Å². The van der Waals surface area contributed by atoms with Crippen molar-refractivity contribution < 1.29 is 42.7 Å². The Balaban J connectivity index is 1.39. The molecule has 0 bridgehead atoms. The Morgan fingerprint density at radius 1 is 1.04 bits per heavy atom. The molecule has 14 heteroatoms. The van der Waals surface area contributed by atoms with Gasteiger partial charge >= 0.3 is 19.1 Å². The molecule has 12 nitrogen and oxygen atoms in total. The maximum absolute atomic E-state index is 14.2. The van der Waals surface area contributed by atoms with E-state index in [1.165, 1.54) is 18.2 Å². The van der Waals surface area contributed by atoms with Gasteiger partial charge in [-0.2, -0.15) is 0 Å². The molecule has 1 heterocycles. The van der Waals surface area contributed by atoms with Gasteiger partial charge in [-0.3, -0.25) is 14.4 Å². The van der Waals surface area contributed by atoms with E-state index in [4.69, 9.17) is 19.8 Å². The first-order chi connectivity index (χ1) is 21.1. The van der Waals surface area contributed by atoms with Crippen molar-refractivity contribution in [1.82, 2.24) is 10.6 Å². The van der Waals surface area contributed by atoms with Crippen molar-refractivity contribution in [2.45, 2.75) is 83.6 Å². The van der Waals surface area contributed by atoms with E-state index >= 15 is 0 Å². The van der Waals surface area contributed by atoms with Crippen molar-refractivity contribution in [3.05, 3.63) is 53.8 Å². The number of amides is 4. The van der Waals surface area contributed by atoms with Crippen LogP contribution < -0.4 is 31.9 Å². The highest BCUT2D eigenvalue weighted by Crippen LogP contribution is 2.41. The quantitative estimate of drug-likeness (QED) is 0.128. The van der Waals surface area contributed by atoms with E-state index in [-0.39, 0.29) is 32.4 Å². The van der Waals surface area contributed by atoms with Gasteiger partial charge in [-0.1, -0.05) is 18.6 Å². The Kier molecular flexibility index (Phi) is 10.1. The average Bonchev–Trinajstić information content (AvgIpc) is 3.15. The van der Waals surface area contributed by atoms with Gasteiger partial charge in [-0.25, -0.2) is 9.18 Å². The molecule has 1 aliphatic heterocycles. The van der Waals surface area contributed by atoms with Gasteiger partial charge in [-0.05, 0) is 89.3 Å². The lowest BCUT2D eigenvalue weighted by molar-refractivity contribution is -0.162. The Hall–Kier alpha value is -4.17. The molecule has 4 amide bonds. The number of primary amides is 1. The summed E-state index contributed by atoms with van der Waals surface area (Å²) in [6.45, 7) is 7.95. The lowest BCUT2D eigenvalue weighted by atomic mass is 9.68. The van der Waals surface area contributed by atoms with E-state index in [1.54, 1.807) is 24.3 Å². The summed E-state index contributed by atoms with van der Waals surface area (Å²) in [5, 5.41) is 17.4. The van der Waals surface area contributed by atoms with Crippen LogP contribution in [0, 0.1) is 11.2 Å². The molecule has 1 unspecified atom stereocenters. The molecule has 2 fully saturated rings. The number of hydrogen-bond donors (Lipinski definition) is 5. The van der Waals surface area contributed by atoms with Crippen LogP contribution in [0.5, 0.6) is 5.75 Å². The average molecular weight is 626 g/mol. The summed E-state index contributed by atoms with van der Waals surface area (Å²) in [4.78, 5) is 48.9. The lowest BCUT2D eigenvalue weighted by Crippen LogP contribution is -2.55. The van der Waals surface area contributed by atoms with E-state index in [1.807, 2.05) is 27.7 Å². The number of anilines is 1. The SMILES string of the molecule is CC1(C)OB(c2cc(F)ccc2OCc2ccc(NC(=O)C(CCCNC(N)=O)NC(=O)C3(C(=O)O)CCC3)cc2)OC1(C)C. The predicted molar refractivity (Wildman–Crippen MR) is 164 cm³/mol. The summed E-state index contributed by atoms with van der Waals surface area (Å²) in [7, 11) is -0.812. The smallest absolute Gasteiger partial charge is 0.489 e. The Morgan fingerprint density at radius 2 is 1.69 bits per heavy atom. The van der Waals surface area contributed by atoms with Crippen LogP contribution in [-0.2, 0) is 30.3 Å². The van der Waals surface area contributed by atoms with Crippen LogP contribution in [0.3, 0.4) is 0 Å². The third kappa shape index (κ3) is 7.74. The summed E-state index contributed by atoms with van der Waals surface area (Å²) in [5.74, 6) is -2.51. The van der Waals surface area contributed by atoms with Crippen LogP contribution >= 0.6 is 0 Å². The number of carbonyl (C=O) groups excluding carboxylic acids is 3. The molecule has 6 N–H and O–H groups in total. The maximum Gasteiger partial charge on any atom is 0.498 e. The summed E-state index contributed by atoms with van der Waals surface area (Å²) in [6.07, 6.45) is 1.46. The minimum absolute atomic E-state index is 0.134. The fourth-order valence-electron chi connectivity index (χ4n) is 5.03. The second-order valence-electron chi connectivity index (χ2n) is 12.4. The van der Waals surface area contributed by atoms with Crippen LogP contribution in [0.15, 0.2) is 42.5 Å². The van der Waals surface area contributed by atoms with Gasteiger partial charge in [0.15, 0.2) is 0 Å². The predicted octanol–water partition coefficient (Wildman–Crippen LogP) is 2.83. The van der Waals surface area contributed by atoms with E-state index in [0.717, 1.165) is 5.56 Å². The molecule has 2 aromatic carbocycles. The molecular weight excluding hydrogens is 586 g/mol. The Bertz CT molecular complexity index is 1420. The molecule has 45 heavy (non-hydrogen) atoms. The first-order valence-electron chi connectivity index (χ1n) is 14.9. The van der Waals surface area contributed by atoms with Gasteiger partial charge in [0.05, 0.1) is 11.2 Å². The van der Waals surface area contributed by atoms with Crippen LogP contribution in [0.25, 0.3) is 0 Å². The van der Waals surface area contributed by atoms with Gasteiger partial charge in [0.2, 0.25) is 11.8 Å². The zero-order valence-electron chi connectivity index (χ0n) is 25.9. The summed E-state index contributed by atoms with van der Waals surface area (Å²) >= 11 is 0. The molecule has 1 saturated carbocycles. The molecule has 1 aliphatic carbocycles. The van der Waals surface area contributed by atoms with Crippen molar-refractivity contribution in [3.8, 4) is 5.75 Å². The number of carbonyl (C=O) groups is 4. The standard InChI is InChI=1S/C31H40BFN4O8/c1-29(2)30(3,4)45-32(44-29)22-17-20(33)10-13-24(22)43-18-19-8-11-21(12-9-19)36-25(38)23(7-5-16-35-28(34)42)37-26(39)31(27(40)41)14-6-15-31/h8-13,17,23H,5-7,14-16,18H2,1-4H3,(H,36,38)(H,37,39)(H,40,41)(H3,34,35,42). The number of carboxylic acid groups (broad SMARTS) is 1. The van der Waals surface area contributed by atoms with Crippen molar-refractivity contribution in [2.24, 2.45) is 11.1 Å². The molecular formula is C31H40BFN4O8. The number of ether oxygens (including phenoxy) is 1. The summed E-state index contributed by atoms with van der Waals surface area (Å²) < 4.78 is 32.4. The zero-order chi connectivity index (χ0) is 33.0. The van der Waals surface area contributed by atoms with Crippen LogP contribution in [0.1, 0.15) is 65.4 Å². The number of nitrogens with one attached hydrogen (secondary N) is 3. The third-order valence-corrected chi connectivity index (χ3v) is 8.74. The number of halogens is 1. The maximum atomic E-state index is 14.2. The van der Waals surface area contributed by atoms with E-state index in [9.17, 15) is 28.7 Å². The number of aliphatic carboxylic acids is 1. The monoisotopic (exact) mass is 626 g/mol. The number of nitrogens with two attached hydrogens (primary N) is 1. The molecule has 0 radical (unpaired) electrons. The number of hydrogen-bond acceptors (Lipinski definition) is 7. The van der Waals surface area contributed by atoms with Crippen molar-refractivity contribution >= 4 is 42.1 Å². The van der Waals surface area contributed by atoms with Crippen LogP contribution in [0.4, 0.5) is 14.9 Å². The number of rotatable bonds is 13. The fraction of sp³-hybridized carbons (Fsp3) is 0.484. The van der Waals surface area contributed by atoms with Crippen molar-refractivity contribution in [3.63, 3.8) is 0 Å². The second kappa shape index (κ2) is 13.4. The molecule has 0 aromatic heterocycles. The molecule has 2 aromatic rings. The normalized spacial score (nSPS) is 18.3. The van der Waals surface area contributed by atoms with Crippen molar-refractivity contribution in [2.75, 3.05) is 11.9 Å². The summed E-state index contributed by atoms with van der Waals surface area (Å²) in [6, 6.07) is 9.20. The lowest BCUT2D eigenvalue weighted by Gasteiger charge is -2.36. The zero-order valence-corrected chi connectivity index (χ0v) is 25.9. The first-order valence-corrected chi connectivity index (χ1v) is 14.9. The molecule has 1 saturated heterocycles. The molecule has 242 valence electrons. The van der Waals surface area contributed by atoms with Gasteiger partial charge in [-0.15, -0.1) is 0 Å². The minimum atomic E-state index is -1.54. The van der Waals surface area contributed by atoms with Gasteiger partial charge in [0, 0.05) is 17.7 Å². The highest BCUT2D eigenvalue weighted by atomic mass is 19.1. The largest absolute Gasteiger partial charge is 0.498 e. The molecule has 1 atom stereocenters. The highest BCUT2D eigenvalue weighted by Gasteiger charge is 2.53. The number of urea groups is 1. The topological polar surface area (TPSA) is 178 Å². The number of carboxylic acids is 1.